The average molecular weight is 399 g/mol. The lowest BCUT2D eigenvalue weighted by molar-refractivity contribution is 0.0843. The van der Waals surface area contributed by atoms with Gasteiger partial charge in [0.05, 0.1) is 5.69 Å². The van der Waals surface area contributed by atoms with Crippen molar-refractivity contribution >= 4 is 27.7 Å². The number of hydrazine groups is 1. The van der Waals surface area contributed by atoms with Gasteiger partial charge < -0.3 is 0 Å². The maximum atomic E-state index is 12.2. The molecule has 2 aromatic carbocycles. The predicted octanol–water partition coefficient (Wildman–Crippen LogP) is 3.02. The van der Waals surface area contributed by atoms with E-state index in [0.29, 0.717) is 5.56 Å². The van der Waals surface area contributed by atoms with Crippen molar-refractivity contribution in [2.75, 3.05) is 0 Å². The smallest absolute Gasteiger partial charge is 0.267 e. The Labute approximate surface area is 153 Å². The predicted molar refractivity (Wildman–Crippen MR) is 97.4 cm³/mol. The zero-order valence-corrected chi connectivity index (χ0v) is 14.9. The maximum absolute atomic E-state index is 12.2. The molecule has 0 aliphatic heterocycles. The molecule has 0 saturated carbocycles. The van der Waals surface area contributed by atoms with Crippen molar-refractivity contribution in [1.82, 2.24) is 20.6 Å². The van der Waals surface area contributed by atoms with E-state index in [9.17, 15) is 9.59 Å². The summed E-state index contributed by atoms with van der Waals surface area (Å²) in [6, 6.07) is 18.0. The third-order valence-corrected chi connectivity index (χ3v) is 4.05. The number of nitrogens with zero attached hydrogens (tertiary/aromatic N) is 2. The number of aryl methyl sites for hydroxylation is 1. The van der Waals surface area contributed by atoms with E-state index < -0.39 is 11.8 Å². The van der Waals surface area contributed by atoms with Crippen LogP contribution in [-0.2, 0) is 0 Å². The monoisotopic (exact) mass is 398 g/mol. The first-order valence-electron chi connectivity index (χ1n) is 7.53. The number of halogens is 1. The Morgan fingerprint density at radius 2 is 1.60 bits per heavy atom. The van der Waals surface area contributed by atoms with Gasteiger partial charge >= 0.3 is 0 Å². The first-order chi connectivity index (χ1) is 12.0. The Bertz CT molecular complexity index is 905. The van der Waals surface area contributed by atoms with E-state index >= 15 is 0 Å². The second-order valence-corrected chi connectivity index (χ2v) is 6.25. The summed E-state index contributed by atoms with van der Waals surface area (Å²) >= 11 is 3.30. The molecule has 7 heteroatoms. The Kier molecular flexibility index (Phi) is 4.95. The van der Waals surface area contributed by atoms with Crippen LogP contribution in [0.3, 0.4) is 0 Å². The molecule has 3 rings (SSSR count). The van der Waals surface area contributed by atoms with Gasteiger partial charge in [-0.3, -0.25) is 20.4 Å². The molecule has 25 heavy (non-hydrogen) atoms. The third kappa shape index (κ3) is 3.95. The minimum Gasteiger partial charge on any atom is -0.267 e. The van der Waals surface area contributed by atoms with Crippen molar-refractivity contribution in [2.24, 2.45) is 0 Å². The molecule has 3 aromatic rings. The quantitative estimate of drug-likeness (QED) is 0.665. The van der Waals surface area contributed by atoms with Crippen LogP contribution in [-0.4, -0.2) is 21.6 Å². The molecule has 0 bridgehead atoms. The van der Waals surface area contributed by atoms with Gasteiger partial charge in [-0.05, 0) is 49.4 Å². The molecule has 0 unspecified atom stereocenters. The largest absolute Gasteiger partial charge is 0.290 e. The average Bonchev–Trinajstić information content (AvgIpc) is 3.02. The number of hydrogen-bond donors (Lipinski definition) is 2. The summed E-state index contributed by atoms with van der Waals surface area (Å²) in [7, 11) is 0. The highest BCUT2D eigenvalue weighted by atomic mass is 79.9. The van der Waals surface area contributed by atoms with E-state index in [4.69, 9.17) is 0 Å². The first-order valence-corrected chi connectivity index (χ1v) is 8.32. The highest BCUT2D eigenvalue weighted by Gasteiger charge is 2.14. The Balaban J connectivity index is 1.68. The fourth-order valence-electron chi connectivity index (χ4n) is 2.27. The number of hydrogen-bond acceptors (Lipinski definition) is 3. The maximum Gasteiger partial charge on any atom is 0.290 e. The minimum atomic E-state index is -0.483. The van der Waals surface area contributed by atoms with Crippen LogP contribution in [0.5, 0.6) is 0 Å². The van der Waals surface area contributed by atoms with Crippen LogP contribution < -0.4 is 10.9 Å². The molecule has 0 saturated heterocycles. The lowest BCUT2D eigenvalue weighted by Gasteiger charge is -2.06. The van der Waals surface area contributed by atoms with Gasteiger partial charge in [-0.2, -0.15) is 5.10 Å². The highest BCUT2D eigenvalue weighted by Crippen LogP contribution is 2.12. The van der Waals surface area contributed by atoms with Gasteiger partial charge in [0.25, 0.3) is 11.8 Å². The summed E-state index contributed by atoms with van der Waals surface area (Å²) < 4.78 is 2.54. The van der Waals surface area contributed by atoms with E-state index in [0.717, 1.165) is 15.9 Å². The van der Waals surface area contributed by atoms with E-state index in [1.165, 1.54) is 0 Å². The van der Waals surface area contributed by atoms with Crippen molar-refractivity contribution < 1.29 is 9.59 Å². The summed E-state index contributed by atoms with van der Waals surface area (Å²) in [4.78, 5) is 24.2. The van der Waals surface area contributed by atoms with Crippen molar-refractivity contribution in [3.63, 3.8) is 0 Å². The summed E-state index contributed by atoms with van der Waals surface area (Å²) in [6.07, 6.45) is 0. The molecule has 0 aliphatic carbocycles. The summed E-state index contributed by atoms with van der Waals surface area (Å²) in [5.41, 5.74) is 7.09. The van der Waals surface area contributed by atoms with Gasteiger partial charge in [0.1, 0.15) is 0 Å². The van der Waals surface area contributed by atoms with Crippen molar-refractivity contribution in [3.05, 3.63) is 82.1 Å². The molecule has 0 aliphatic rings. The number of benzene rings is 2. The molecule has 2 amide bonds. The molecule has 1 heterocycles. The lowest BCUT2D eigenvalue weighted by Crippen LogP contribution is -2.41. The summed E-state index contributed by atoms with van der Waals surface area (Å²) in [5, 5.41) is 4.29. The first kappa shape index (κ1) is 16.9. The molecule has 126 valence electrons. The Morgan fingerprint density at radius 1 is 0.960 bits per heavy atom. The van der Waals surface area contributed by atoms with E-state index in [-0.39, 0.29) is 5.69 Å². The molecule has 6 nitrogen and oxygen atoms in total. The fourth-order valence-corrected chi connectivity index (χ4v) is 2.53. The number of rotatable bonds is 3. The van der Waals surface area contributed by atoms with Crippen LogP contribution >= 0.6 is 15.9 Å². The molecule has 2 N–H and O–H groups in total. The van der Waals surface area contributed by atoms with E-state index in [2.05, 4.69) is 31.9 Å². The lowest BCUT2D eigenvalue weighted by atomic mass is 10.2. The molecule has 0 radical (unpaired) electrons. The van der Waals surface area contributed by atoms with Crippen molar-refractivity contribution in [1.29, 1.82) is 0 Å². The zero-order chi connectivity index (χ0) is 17.8. The third-order valence-electron chi connectivity index (χ3n) is 3.52. The van der Waals surface area contributed by atoms with Crippen LogP contribution in [0.4, 0.5) is 0 Å². The molecular formula is C18H15BrN4O2. The number of aromatic nitrogens is 2. The zero-order valence-electron chi connectivity index (χ0n) is 13.4. The topological polar surface area (TPSA) is 76.0 Å². The van der Waals surface area contributed by atoms with Crippen LogP contribution in [0.2, 0.25) is 0 Å². The van der Waals surface area contributed by atoms with Gasteiger partial charge in [-0.25, -0.2) is 4.68 Å². The Hall–Kier alpha value is -2.93. The summed E-state index contributed by atoms with van der Waals surface area (Å²) in [5.74, 6) is -0.886. The SMILES string of the molecule is Cc1cc(C(=O)NNC(=O)c2ccc(Br)cc2)nn1-c1ccccc1. The number of carbonyl (C=O) groups excluding carboxylic acids is 2. The van der Waals surface area contributed by atoms with Crippen LogP contribution in [0.25, 0.3) is 5.69 Å². The van der Waals surface area contributed by atoms with E-state index in [1.807, 2.05) is 37.3 Å². The van der Waals surface area contributed by atoms with Gasteiger partial charge in [-0.15, -0.1) is 0 Å². The highest BCUT2D eigenvalue weighted by molar-refractivity contribution is 9.10. The van der Waals surface area contributed by atoms with Crippen molar-refractivity contribution in [3.8, 4) is 5.69 Å². The second-order valence-electron chi connectivity index (χ2n) is 5.33. The molecule has 1 aromatic heterocycles. The van der Waals surface area contributed by atoms with Gasteiger partial charge in [0.15, 0.2) is 5.69 Å². The number of amides is 2. The normalized spacial score (nSPS) is 10.3. The molecule has 0 spiro atoms. The van der Waals surface area contributed by atoms with Crippen LogP contribution in [0.15, 0.2) is 65.1 Å². The fraction of sp³-hybridized carbons (Fsp3) is 0.0556. The van der Waals surface area contributed by atoms with E-state index in [1.54, 1.807) is 35.0 Å². The molecule has 0 atom stereocenters. The number of nitrogens with one attached hydrogen (secondary N) is 2. The van der Waals surface area contributed by atoms with Gasteiger partial charge in [0.2, 0.25) is 0 Å². The van der Waals surface area contributed by atoms with Gasteiger partial charge in [0, 0.05) is 15.7 Å². The van der Waals surface area contributed by atoms with Crippen molar-refractivity contribution in [2.45, 2.75) is 6.92 Å². The van der Waals surface area contributed by atoms with Crippen LogP contribution in [0.1, 0.15) is 26.5 Å². The number of para-hydroxylation sites is 1. The van der Waals surface area contributed by atoms with Gasteiger partial charge in [-0.1, -0.05) is 34.1 Å². The molecule has 0 fully saturated rings. The minimum absolute atomic E-state index is 0.220. The Morgan fingerprint density at radius 3 is 2.28 bits per heavy atom. The summed E-state index contributed by atoms with van der Waals surface area (Å²) in [6.45, 7) is 1.86. The van der Waals surface area contributed by atoms with Crippen LogP contribution in [0, 0.1) is 6.92 Å². The standard InChI is InChI=1S/C18H15BrN4O2/c1-12-11-16(22-23(12)15-5-3-2-4-6-15)18(25)21-20-17(24)13-7-9-14(19)10-8-13/h2-11H,1H3,(H,20,24)(H,21,25). The number of carbonyl (C=O) groups is 2. The second kappa shape index (κ2) is 7.31. The molecular weight excluding hydrogens is 384 g/mol.